The Kier molecular flexibility index (Phi) is 4.70. The molecular formula is C14H21N3O. The molecule has 2 rings (SSSR count). The van der Waals surface area contributed by atoms with Gasteiger partial charge in [0.15, 0.2) is 0 Å². The summed E-state index contributed by atoms with van der Waals surface area (Å²) in [5, 5.41) is 3.33. The monoisotopic (exact) mass is 247 g/mol. The van der Waals surface area contributed by atoms with Gasteiger partial charge in [0, 0.05) is 32.4 Å². The second-order valence-electron chi connectivity index (χ2n) is 5.01. The predicted octanol–water partition coefficient (Wildman–Crippen LogP) is 1.43. The Morgan fingerprint density at radius 1 is 1.61 bits per heavy atom. The molecule has 1 aliphatic heterocycles. The minimum Gasteiger partial charge on any atom is -0.341 e. The molecule has 1 N–H and O–H groups in total. The van der Waals surface area contributed by atoms with Crippen LogP contribution in [0.5, 0.6) is 0 Å². The van der Waals surface area contributed by atoms with Gasteiger partial charge in [0.1, 0.15) is 0 Å². The van der Waals surface area contributed by atoms with Crippen LogP contribution in [0, 0.1) is 5.92 Å². The van der Waals surface area contributed by atoms with E-state index in [0.29, 0.717) is 18.9 Å². The van der Waals surface area contributed by atoms with Gasteiger partial charge in [-0.05, 0) is 43.5 Å². The largest absolute Gasteiger partial charge is 0.341 e. The Bertz CT molecular complexity index is 374. The van der Waals surface area contributed by atoms with E-state index < -0.39 is 0 Å². The highest BCUT2D eigenvalue weighted by Gasteiger charge is 2.17. The quantitative estimate of drug-likeness (QED) is 0.856. The second kappa shape index (κ2) is 6.50. The molecule has 0 bridgehead atoms. The zero-order valence-electron chi connectivity index (χ0n) is 10.9. The van der Waals surface area contributed by atoms with E-state index >= 15 is 0 Å². The number of rotatable bonds is 5. The van der Waals surface area contributed by atoms with E-state index in [0.717, 1.165) is 25.1 Å². The van der Waals surface area contributed by atoms with Crippen molar-refractivity contribution < 1.29 is 4.79 Å². The lowest BCUT2D eigenvalue weighted by atomic mass is 10.0. The van der Waals surface area contributed by atoms with Crippen molar-refractivity contribution in [3.05, 3.63) is 30.1 Å². The van der Waals surface area contributed by atoms with Crippen LogP contribution in [0.4, 0.5) is 0 Å². The number of nitrogens with zero attached hydrogens (tertiary/aromatic N) is 2. The maximum absolute atomic E-state index is 12.0. The van der Waals surface area contributed by atoms with Crippen molar-refractivity contribution in [2.75, 3.05) is 20.1 Å². The molecule has 4 nitrogen and oxygen atoms in total. The second-order valence-corrected chi connectivity index (χ2v) is 5.01. The molecule has 0 aromatic carbocycles. The van der Waals surface area contributed by atoms with Gasteiger partial charge in [-0.15, -0.1) is 0 Å². The van der Waals surface area contributed by atoms with Gasteiger partial charge in [0.05, 0.1) is 0 Å². The van der Waals surface area contributed by atoms with Crippen LogP contribution < -0.4 is 5.32 Å². The number of carbonyl (C=O) groups is 1. The summed E-state index contributed by atoms with van der Waals surface area (Å²) in [7, 11) is 1.86. The maximum atomic E-state index is 12.0. The summed E-state index contributed by atoms with van der Waals surface area (Å²) in [6, 6.07) is 3.90. The molecule has 0 radical (unpaired) electrons. The summed E-state index contributed by atoms with van der Waals surface area (Å²) in [5.74, 6) is 0.909. The molecule has 1 amide bonds. The number of nitrogens with one attached hydrogen (secondary N) is 1. The zero-order valence-corrected chi connectivity index (χ0v) is 10.9. The first kappa shape index (κ1) is 13.0. The van der Waals surface area contributed by atoms with E-state index in [9.17, 15) is 4.79 Å². The summed E-state index contributed by atoms with van der Waals surface area (Å²) in [6.07, 6.45) is 6.43. The van der Waals surface area contributed by atoms with Gasteiger partial charge < -0.3 is 10.2 Å². The summed E-state index contributed by atoms with van der Waals surface area (Å²) >= 11 is 0. The third-order valence-corrected chi connectivity index (χ3v) is 3.50. The van der Waals surface area contributed by atoms with Crippen molar-refractivity contribution in [2.45, 2.75) is 25.8 Å². The van der Waals surface area contributed by atoms with Crippen LogP contribution in [0.15, 0.2) is 24.5 Å². The van der Waals surface area contributed by atoms with Crippen LogP contribution in [0.2, 0.25) is 0 Å². The summed E-state index contributed by atoms with van der Waals surface area (Å²) in [4.78, 5) is 17.8. The Balaban J connectivity index is 1.74. The van der Waals surface area contributed by atoms with E-state index in [1.54, 1.807) is 11.1 Å². The first-order valence-electron chi connectivity index (χ1n) is 6.59. The van der Waals surface area contributed by atoms with Crippen LogP contribution >= 0.6 is 0 Å². The highest BCUT2D eigenvalue weighted by atomic mass is 16.2. The summed E-state index contributed by atoms with van der Waals surface area (Å²) in [6.45, 7) is 2.82. The lowest BCUT2D eigenvalue weighted by Gasteiger charge is -2.18. The number of carbonyl (C=O) groups excluding carboxylic acids is 1. The first-order valence-corrected chi connectivity index (χ1v) is 6.59. The SMILES string of the molecule is CN(Cc1cccnc1)C(=O)CCC1CCNC1. The van der Waals surface area contributed by atoms with Gasteiger partial charge in [0.25, 0.3) is 0 Å². The molecule has 0 spiro atoms. The molecule has 1 aromatic rings. The van der Waals surface area contributed by atoms with Gasteiger partial charge in [-0.2, -0.15) is 0 Å². The maximum Gasteiger partial charge on any atom is 0.222 e. The van der Waals surface area contributed by atoms with Crippen molar-refractivity contribution in [3.63, 3.8) is 0 Å². The van der Waals surface area contributed by atoms with E-state index in [2.05, 4.69) is 10.3 Å². The molecule has 0 aliphatic carbocycles. The van der Waals surface area contributed by atoms with Crippen LogP contribution in [0.25, 0.3) is 0 Å². The average Bonchev–Trinajstić information content (AvgIpc) is 2.90. The van der Waals surface area contributed by atoms with Crippen LogP contribution in [-0.2, 0) is 11.3 Å². The minimum absolute atomic E-state index is 0.228. The molecule has 1 aliphatic rings. The Labute approximate surface area is 108 Å². The molecule has 4 heteroatoms. The predicted molar refractivity (Wildman–Crippen MR) is 70.9 cm³/mol. The fourth-order valence-corrected chi connectivity index (χ4v) is 2.33. The van der Waals surface area contributed by atoms with Crippen LogP contribution in [0.1, 0.15) is 24.8 Å². The third kappa shape index (κ3) is 3.81. The molecule has 2 heterocycles. The van der Waals surface area contributed by atoms with Gasteiger partial charge in [0.2, 0.25) is 5.91 Å². The molecule has 0 saturated carbocycles. The van der Waals surface area contributed by atoms with Crippen LogP contribution in [-0.4, -0.2) is 35.9 Å². The highest BCUT2D eigenvalue weighted by Crippen LogP contribution is 2.15. The third-order valence-electron chi connectivity index (χ3n) is 3.50. The average molecular weight is 247 g/mol. The van der Waals surface area contributed by atoms with Gasteiger partial charge in [-0.1, -0.05) is 6.07 Å². The number of hydrogen-bond donors (Lipinski definition) is 1. The standard InChI is InChI=1S/C14H21N3O/c1-17(11-13-3-2-7-15-10-13)14(18)5-4-12-6-8-16-9-12/h2-3,7,10,12,16H,4-6,8-9,11H2,1H3. The van der Waals surface area contributed by atoms with E-state index in [1.165, 1.54) is 6.42 Å². The Hall–Kier alpha value is -1.42. The normalized spacial score (nSPS) is 18.8. The number of amides is 1. The molecule has 1 aromatic heterocycles. The van der Waals surface area contributed by atoms with Crippen LogP contribution in [0.3, 0.4) is 0 Å². The van der Waals surface area contributed by atoms with Gasteiger partial charge in [-0.3, -0.25) is 9.78 Å². The minimum atomic E-state index is 0.228. The van der Waals surface area contributed by atoms with E-state index in [-0.39, 0.29) is 5.91 Å². The first-order chi connectivity index (χ1) is 8.75. The number of pyridine rings is 1. The number of aromatic nitrogens is 1. The molecule has 1 unspecified atom stereocenters. The summed E-state index contributed by atoms with van der Waals surface area (Å²) < 4.78 is 0. The van der Waals surface area contributed by atoms with Crippen molar-refractivity contribution in [1.29, 1.82) is 0 Å². The van der Waals surface area contributed by atoms with Crippen molar-refractivity contribution in [2.24, 2.45) is 5.92 Å². The van der Waals surface area contributed by atoms with Gasteiger partial charge in [-0.25, -0.2) is 0 Å². The Morgan fingerprint density at radius 2 is 2.50 bits per heavy atom. The van der Waals surface area contributed by atoms with Crippen molar-refractivity contribution in [3.8, 4) is 0 Å². The smallest absolute Gasteiger partial charge is 0.222 e. The van der Waals surface area contributed by atoms with E-state index in [4.69, 9.17) is 0 Å². The lowest BCUT2D eigenvalue weighted by molar-refractivity contribution is -0.130. The Morgan fingerprint density at radius 3 is 3.17 bits per heavy atom. The van der Waals surface area contributed by atoms with Gasteiger partial charge >= 0.3 is 0 Å². The van der Waals surface area contributed by atoms with Crippen molar-refractivity contribution >= 4 is 5.91 Å². The molecule has 1 fully saturated rings. The molecule has 98 valence electrons. The molecule has 1 saturated heterocycles. The highest BCUT2D eigenvalue weighted by molar-refractivity contribution is 5.75. The lowest BCUT2D eigenvalue weighted by Crippen LogP contribution is -2.26. The molecular weight excluding hydrogens is 226 g/mol. The number of hydrogen-bond acceptors (Lipinski definition) is 3. The molecule has 1 atom stereocenters. The fourth-order valence-electron chi connectivity index (χ4n) is 2.33. The molecule has 18 heavy (non-hydrogen) atoms. The fraction of sp³-hybridized carbons (Fsp3) is 0.571. The zero-order chi connectivity index (χ0) is 12.8. The van der Waals surface area contributed by atoms with E-state index in [1.807, 2.05) is 25.4 Å². The topological polar surface area (TPSA) is 45.2 Å². The summed E-state index contributed by atoms with van der Waals surface area (Å²) in [5.41, 5.74) is 1.08. The van der Waals surface area contributed by atoms with Crippen molar-refractivity contribution in [1.82, 2.24) is 15.2 Å².